The molecular weight excluding hydrogens is 552 g/mol. The van der Waals surface area contributed by atoms with Crippen LogP contribution in [0.25, 0.3) is 5.70 Å². The van der Waals surface area contributed by atoms with Gasteiger partial charge in [-0.05, 0) is 81.1 Å². The van der Waals surface area contributed by atoms with Crippen molar-refractivity contribution >= 4 is 23.4 Å². The van der Waals surface area contributed by atoms with Crippen LogP contribution in [-0.4, -0.2) is 36.8 Å². The second kappa shape index (κ2) is 12.4. The molecule has 2 aromatic rings. The third-order valence-electron chi connectivity index (χ3n) is 6.84. The summed E-state index contributed by atoms with van der Waals surface area (Å²) in [5.41, 5.74) is 17.1. The first-order valence-electron chi connectivity index (χ1n) is 13.5. The Morgan fingerprint density at radius 3 is 2.45 bits per heavy atom. The van der Waals surface area contributed by atoms with Gasteiger partial charge in [0.1, 0.15) is 12.0 Å². The standard InChI is InChI=1S/C29H36F4N8O/c1-28(2,36)9-8-18-12-21(24(30)22(13-18)29(31,32)33)23-14-19-16-41(27(42)40-25(19)39-23)20-6-4-17(5-7-20)15-37-10-3-11-38-26(34)35/h4-7,12-14,16,25,37,39H,3,8-11,15,36H2,1-2H3,(H,40,42)(H4,34,35,38). The highest BCUT2D eigenvalue weighted by atomic mass is 19.4. The summed E-state index contributed by atoms with van der Waals surface area (Å²) in [6, 6.07) is 9.14. The summed E-state index contributed by atoms with van der Waals surface area (Å²) in [4.78, 5) is 18.2. The van der Waals surface area contributed by atoms with E-state index >= 15 is 4.39 Å². The number of fused-ring (bicyclic) bond motifs is 1. The summed E-state index contributed by atoms with van der Waals surface area (Å²) in [5, 5.41) is 9.03. The van der Waals surface area contributed by atoms with Gasteiger partial charge in [-0.3, -0.25) is 9.89 Å². The molecule has 13 heteroatoms. The lowest BCUT2D eigenvalue weighted by Gasteiger charge is -2.29. The Balaban J connectivity index is 1.52. The molecule has 9 nitrogen and oxygen atoms in total. The van der Waals surface area contributed by atoms with Crippen LogP contribution in [0.3, 0.4) is 0 Å². The van der Waals surface area contributed by atoms with Crippen LogP contribution < -0.4 is 38.1 Å². The van der Waals surface area contributed by atoms with E-state index in [-0.39, 0.29) is 23.6 Å². The zero-order chi connectivity index (χ0) is 30.7. The minimum absolute atomic E-state index is 0.0632. The Morgan fingerprint density at radius 1 is 1.10 bits per heavy atom. The third kappa shape index (κ3) is 7.79. The molecule has 0 bridgehead atoms. The Bertz CT molecular complexity index is 1390. The van der Waals surface area contributed by atoms with Crippen molar-refractivity contribution in [3.05, 3.63) is 82.3 Å². The van der Waals surface area contributed by atoms with E-state index in [1.165, 1.54) is 11.0 Å². The molecule has 2 aliphatic heterocycles. The van der Waals surface area contributed by atoms with Crippen LogP contribution >= 0.6 is 0 Å². The number of nitrogens with two attached hydrogens (primary N) is 3. The molecular formula is C29H36F4N8O. The smallest absolute Gasteiger partial charge is 0.370 e. The van der Waals surface area contributed by atoms with Crippen LogP contribution in [0.2, 0.25) is 0 Å². The predicted molar refractivity (Wildman–Crippen MR) is 155 cm³/mol. The molecule has 2 aliphatic rings. The van der Waals surface area contributed by atoms with Gasteiger partial charge in [0.15, 0.2) is 5.96 Å². The van der Waals surface area contributed by atoms with Gasteiger partial charge in [0, 0.05) is 41.7 Å². The summed E-state index contributed by atoms with van der Waals surface area (Å²) in [6.07, 6.45) is -1.02. The van der Waals surface area contributed by atoms with Gasteiger partial charge < -0.3 is 33.2 Å². The number of rotatable bonds is 11. The maximum Gasteiger partial charge on any atom is 0.419 e. The predicted octanol–water partition coefficient (Wildman–Crippen LogP) is 3.65. The van der Waals surface area contributed by atoms with Gasteiger partial charge in [0.05, 0.1) is 11.3 Å². The van der Waals surface area contributed by atoms with E-state index in [1.54, 1.807) is 38.3 Å². The van der Waals surface area contributed by atoms with Gasteiger partial charge in [-0.1, -0.05) is 12.1 Å². The van der Waals surface area contributed by atoms with Gasteiger partial charge >= 0.3 is 12.2 Å². The number of anilines is 1. The summed E-state index contributed by atoms with van der Waals surface area (Å²) < 4.78 is 56.4. The molecule has 4 rings (SSSR count). The molecule has 0 aromatic heterocycles. The minimum atomic E-state index is -4.88. The molecule has 2 amide bonds. The van der Waals surface area contributed by atoms with Gasteiger partial charge in [0.25, 0.3) is 0 Å². The fourth-order valence-corrected chi connectivity index (χ4v) is 4.63. The second-order valence-electron chi connectivity index (χ2n) is 11.1. The minimum Gasteiger partial charge on any atom is -0.370 e. The van der Waals surface area contributed by atoms with E-state index < -0.39 is 35.3 Å². The normalized spacial score (nSPS) is 16.8. The molecule has 9 N–H and O–H groups in total. The fourth-order valence-electron chi connectivity index (χ4n) is 4.63. The molecule has 1 unspecified atom stereocenters. The van der Waals surface area contributed by atoms with Crippen molar-refractivity contribution in [1.82, 2.24) is 16.0 Å². The fraction of sp³-hybridized carbons (Fsp3) is 0.379. The molecule has 2 heterocycles. The van der Waals surface area contributed by atoms with Crippen LogP contribution in [0.5, 0.6) is 0 Å². The number of nitrogens with one attached hydrogen (secondary N) is 3. The molecule has 0 aliphatic carbocycles. The van der Waals surface area contributed by atoms with Crippen molar-refractivity contribution in [2.24, 2.45) is 22.2 Å². The largest absolute Gasteiger partial charge is 0.419 e. The average Bonchev–Trinajstić information content (AvgIpc) is 3.31. The Hall–Kier alpha value is -4.10. The van der Waals surface area contributed by atoms with E-state index in [4.69, 9.17) is 17.2 Å². The number of hydrogen-bond donors (Lipinski definition) is 6. The van der Waals surface area contributed by atoms with Crippen LogP contribution in [0.4, 0.5) is 28.0 Å². The summed E-state index contributed by atoms with van der Waals surface area (Å²) in [7, 11) is 0. The lowest BCUT2D eigenvalue weighted by atomic mass is 9.93. The van der Waals surface area contributed by atoms with Crippen molar-refractivity contribution < 1.29 is 22.4 Å². The molecule has 0 spiro atoms. The summed E-state index contributed by atoms with van der Waals surface area (Å²) >= 11 is 0. The zero-order valence-corrected chi connectivity index (χ0v) is 23.5. The van der Waals surface area contributed by atoms with Crippen molar-refractivity contribution in [1.29, 1.82) is 0 Å². The van der Waals surface area contributed by atoms with E-state index in [2.05, 4.69) is 20.9 Å². The first kappa shape index (κ1) is 30.8. The molecule has 1 atom stereocenters. The Kier molecular flexibility index (Phi) is 9.12. The number of amides is 2. The number of alkyl halides is 3. The number of urea groups is 1. The quantitative estimate of drug-likeness (QED) is 0.102. The number of halogens is 4. The molecule has 0 radical (unpaired) electrons. The molecule has 0 fully saturated rings. The first-order chi connectivity index (χ1) is 19.7. The SMILES string of the molecule is CC(C)(N)CCc1cc(C2=CC3=CN(c4ccc(CNCCCN=C(N)N)cc4)C(=O)NC3N2)c(F)c(C(F)(F)F)c1. The molecule has 0 saturated heterocycles. The number of guanidine groups is 1. The zero-order valence-electron chi connectivity index (χ0n) is 23.5. The number of benzene rings is 2. The van der Waals surface area contributed by atoms with Gasteiger partial charge in [-0.2, -0.15) is 13.2 Å². The first-order valence-corrected chi connectivity index (χ1v) is 13.5. The monoisotopic (exact) mass is 588 g/mol. The van der Waals surface area contributed by atoms with Crippen molar-refractivity contribution in [3.63, 3.8) is 0 Å². The molecule has 42 heavy (non-hydrogen) atoms. The maximum absolute atomic E-state index is 15.2. The lowest BCUT2D eigenvalue weighted by Crippen LogP contribution is -2.51. The van der Waals surface area contributed by atoms with Crippen molar-refractivity contribution in [3.8, 4) is 0 Å². The van der Waals surface area contributed by atoms with Gasteiger partial charge in [-0.25, -0.2) is 9.18 Å². The highest BCUT2D eigenvalue weighted by molar-refractivity contribution is 5.96. The average molecular weight is 589 g/mol. The van der Waals surface area contributed by atoms with E-state index in [9.17, 15) is 18.0 Å². The lowest BCUT2D eigenvalue weighted by molar-refractivity contribution is -0.140. The van der Waals surface area contributed by atoms with Gasteiger partial charge in [0.2, 0.25) is 0 Å². The van der Waals surface area contributed by atoms with Crippen molar-refractivity contribution in [2.45, 2.75) is 57.5 Å². The van der Waals surface area contributed by atoms with E-state index in [1.807, 2.05) is 12.1 Å². The number of aryl methyl sites for hydroxylation is 1. The maximum atomic E-state index is 15.2. The van der Waals surface area contributed by atoms with Crippen LogP contribution in [0, 0.1) is 5.82 Å². The number of aliphatic imine (C=N–C) groups is 1. The third-order valence-corrected chi connectivity index (χ3v) is 6.84. The molecule has 226 valence electrons. The van der Waals surface area contributed by atoms with Crippen LogP contribution in [-0.2, 0) is 19.1 Å². The Labute approximate surface area is 241 Å². The summed E-state index contributed by atoms with van der Waals surface area (Å²) in [5.74, 6) is -1.31. The molecule has 2 aromatic carbocycles. The van der Waals surface area contributed by atoms with E-state index in [0.29, 0.717) is 36.3 Å². The van der Waals surface area contributed by atoms with Crippen LogP contribution in [0.15, 0.2) is 59.2 Å². The second-order valence-corrected chi connectivity index (χ2v) is 11.1. The topological polar surface area (TPSA) is 147 Å². The van der Waals surface area contributed by atoms with Crippen molar-refractivity contribution in [2.75, 3.05) is 18.0 Å². The number of carbonyl (C=O) groups excluding carboxylic acids is 1. The van der Waals surface area contributed by atoms with E-state index in [0.717, 1.165) is 24.6 Å². The highest BCUT2D eigenvalue weighted by Crippen LogP contribution is 2.37. The number of carbonyl (C=O) groups is 1. The Morgan fingerprint density at radius 2 is 1.81 bits per heavy atom. The summed E-state index contributed by atoms with van der Waals surface area (Å²) in [6.45, 7) is 5.42. The van der Waals surface area contributed by atoms with Crippen LogP contribution in [0.1, 0.15) is 48.9 Å². The van der Waals surface area contributed by atoms with Gasteiger partial charge in [-0.15, -0.1) is 0 Å². The number of hydrogen-bond acceptors (Lipinski definition) is 5. The molecule has 0 saturated carbocycles. The number of nitrogens with zero attached hydrogens (tertiary/aromatic N) is 2. The highest BCUT2D eigenvalue weighted by Gasteiger charge is 2.38.